The second kappa shape index (κ2) is 9.34. The van der Waals surface area contributed by atoms with E-state index in [1.54, 1.807) is 23.5 Å². The number of nitrogens with zero attached hydrogens (tertiary/aromatic N) is 3. The number of thiophene rings is 1. The summed E-state index contributed by atoms with van der Waals surface area (Å²) < 4.78 is 13.1. The van der Waals surface area contributed by atoms with Crippen LogP contribution >= 0.6 is 23.6 Å². The Kier molecular flexibility index (Phi) is 6.62. The molecule has 3 N–H and O–H groups in total. The standard InChI is InChI=1S/C19H19FN6S2/c1-12-10-13(2)23-18(22-12)25-17(21-11-16-4-3-9-28-16)26-19(27)24-15-7-5-14(20)6-8-15/h3-10H,11H2,1-2H3,(H3,21,22,23,24,25,26,27). The van der Waals surface area contributed by atoms with Gasteiger partial charge in [-0.25, -0.2) is 19.4 Å². The Bertz CT molecular complexity index is 950. The van der Waals surface area contributed by atoms with Crippen LogP contribution in [0.2, 0.25) is 0 Å². The molecule has 1 aromatic carbocycles. The molecule has 0 saturated carbocycles. The van der Waals surface area contributed by atoms with Gasteiger partial charge in [0, 0.05) is 22.0 Å². The zero-order chi connectivity index (χ0) is 19.9. The van der Waals surface area contributed by atoms with E-state index < -0.39 is 0 Å². The van der Waals surface area contributed by atoms with Crippen LogP contribution in [0.1, 0.15) is 16.3 Å². The predicted octanol–water partition coefficient (Wildman–Crippen LogP) is 4.25. The molecule has 0 saturated heterocycles. The average Bonchev–Trinajstić information content (AvgIpc) is 3.14. The molecule has 28 heavy (non-hydrogen) atoms. The number of guanidine groups is 1. The Morgan fingerprint density at radius 3 is 2.46 bits per heavy atom. The molecule has 0 aliphatic carbocycles. The molecule has 0 bridgehead atoms. The first-order valence-electron chi connectivity index (χ1n) is 8.47. The van der Waals surface area contributed by atoms with Crippen LogP contribution in [0.25, 0.3) is 0 Å². The third kappa shape index (κ3) is 6.07. The van der Waals surface area contributed by atoms with Crippen molar-refractivity contribution in [2.24, 2.45) is 4.99 Å². The van der Waals surface area contributed by atoms with Crippen molar-refractivity contribution < 1.29 is 4.39 Å². The molecular weight excluding hydrogens is 395 g/mol. The first-order valence-corrected chi connectivity index (χ1v) is 9.76. The lowest BCUT2D eigenvalue weighted by Gasteiger charge is -2.14. The second-order valence-electron chi connectivity index (χ2n) is 5.93. The number of rotatable bonds is 4. The van der Waals surface area contributed by atoms with Crippen molar-refractivity contribution in [2.45, 2.75) is 20.4 Å². The summed E-state index contributed by atoms with van der Waals surface area (Å²) >= 11 is 6.97. The number of anilines is 2. The van der Waals surface area contributed by atoms with Crippen LogP contribution < -0.4 is 16.0 Å². The first kappa shape index (κ1) is 19.8. The fourth-order valence-corrected chi connectivity index (χ4v) is 3.20. The topological polar surface area (TPSA) is 74.2 Å². The van der Waals surface area contributed by atoms with Gasteiger partial charge in [0.15, 0.2) is 5.11 Å². The molecule has 3 aromatic rings. The number of benzene rings is 1. The van der Waals surface area contributed by atoms with Crippen molar-refractivity contribution in [3.05, 3.63) is 69.9 Å². The number of hydrogen-bond donors (Lipinski definition) is 3. The molecule has 6 nitrogen and oxygen atoms in total. The molecule has 0 atom stereocenters. The van der Waals surface area contributed by atoms with Crippen LogP contribution in [0.5, 0.6) is 0 Å². The highest BCUT2D eigenvalue weighted by molar-refractivity contribution is 7.80. The highest BCUT2D eigenvalue weighted by Gasteiger charge is 2.08. The first-order chi connectivity index (χ1) is 13.5. The van der Waals surface area contributed by atoms with E-state index in [0.29, 0.717) is 29.3 Å². The maximum Gasteiger partial charge on any atom is 0.229 e. The van der Waals surface area contributed by atoms with E-state index in [9.17, 15) is 4.39 Å². The number of halogens is 1. The zero-order valence-corrected chi connectivity index (χ0v) is 17.0. The molecule has 0 aliphatic heterocycles. The SMILES string of the molecule is Cc1cc(C)nc(NC(=NCc2cccs2)NC(=S)Nc2ccc(F)cc2)n1. The summed E-state index contributed by atoms with van der Waals surface area (Å²) in [6, 6.07) is 11.8. The number of hydrogen-bond acceptors (Lipinski definition) is 5. The van der Waals surface area contributed by atoms with Crippen LogP contribution in [0.3, 0.4) is 0 Å². The fourth-order valence-electron chi connectivity index (χ4n) is 2.36. The maximum absolute atomic E-state index is 13.1. The second-order valence-corrected chi connectivity index (χ2v) is 7.37. The average molecular weight is 415 g/mol. The van der Waals surface area contributed by atoms with Crippen molar-refractivity contribution >= 4 is 46.3 Å². The molecule has 0 aliphatic rings. The number of nitrogens with one attached hydrogen (secondary N) is 3. The summed E-state index contributed by atoms with van der Waals surface area (Å²) in [7, 11) is 0. The molecule has 0 fully saturated rings. The van der Waals surface area contributed by atoms with Gasteiger partial charge >= 0.3 is 0 Å². The van der Waals surface area contributed by atoms with E-state index in [4.69, 9.17) is 12.2 Å². The summed E-state index contributed by atoms with van der Waals surface area (Å²) in [6.45, 7) is 4.28. The van der Waals surface area contributed by atoms with Crippen molar-refractivity contribution in [3.63, 3.8) is 0 Å². The van der Waals surface area contributed by atoms with Gasteiger partial charge in [0.25, 0.3) is 0 Å². The van der Waals surface area contributed by atoms with Crippen molar-refractivity contribution in [1.82, 2.24) is 15.3 Å². The van der Waals surface area contributed by atoms with Gasteiger partial charge < -0.3 is 10.6 Å². The fraction of sp³-hybridized carbons (Fsp3) is 0.158. The molecule has 2 aromatic heterocycles. The summed E-state index contributed by atoms with van der Waals surface area (Å²) in [4.78, 5) is 14.4. The minimum Gasteiger partial charge on any atom is -0.332 e. The van der Waals surface area contributed by atoms with E-state index in [-0.39, 0.29) is 5.82 Å². The lowest BCUT2D eigenvalue weighted by atomic mass is 10.3. The maximum atomic E-state index is 13.1. The van der Waals surface area contributed by atoms with Gasteiger partial charge in [-0.3, -0.25) is 5.32 Å². The quantitative estimate of drug-likeness (QED) is 0.337. The van der Waals surface area contributed by atoms with Crippen LogP contribution in [-0.2, 0) is 6.54 Å². The highest BCUT2D eigenvalue weighted by Crippen LogP contribution is 2.11. The number of aryl methyl sites for hydroxylation is 2. The normalized spacial score (nSPS) is 11.2. The molecule has 144 valence electrons. The zero-order valence-electron chi connectivity index (χ0n) is 15.4. The number of thiocarbonyl (C=S) groups is 1. The van der Waals surface area contributed by atoms with Gasteiger partial charge in [-0.05, 0) is 67.8 Å². The highest BCUT2D eigenvalue weighted by atomic mass is 32.1. The Labute approximate surface area is 172 Å². The van der Waals surface area contributed by atoms with E-state index in [0.717, 1.165) is 16.3 Å². The van der Waals surface area contributed by atoms with Gasteiger partial charge in [0.2, 0.25) is 11.9 Å². The smallest absolute Gasteiger partial charge is 0.229 e. The third-order valence-electron chi connectivity index (χ3n) is 3.52. The van der Waals surface area contributed by atoms with Gasteiger partial charge in [0.05, 0.1) is 6.54 Å². The molecular formula is C19H19FN6S2. The minimum absolute atomic E-state index is 0.309. The summed E-state index contributed by atoms with van der Waals surface area (Å²) in [5, 5.41) is 11.4. The Morgan fingerprint density at radius 2 is 1.82 bits per heavy atom. The lowest BCUT2D eigenvalue weighted by Crippen LogP contribution is -2.39. The van der Waals surface area contributed by atoms with E-state index in [2.05, 4.69) is 30.9 Å². The van der Waals surface area contributed by atoms with E-state index in [1.165, 1.54) is 12.1 Å². The van der Waals surface area contributed by atoms with Crippen molar-refractivity contribution in [1.29, 1.82) is 0 Å². The van der Waals surface area contributed by atoms with E-state index in [1.807, 2.05) is 37.4 Å². The van der Waals surface area contributed by atoms with Crippen LogP contribution in [0.4, 0.5) is 16.0 Å². The number of aromatic nitrogens is 2. The molecule has 0 radical (unpaired) electrons. The summed E-state index contributed by atoms with van der Waals surface area (Å²) in [5.74, 6) is 0.536. The molecule has 9 heteroatoms. The Hall–Kier alpha value is -2.91. The van der Waals surface area contributed by atoms with Gasteiger partial charge in [-0.2, -0.15) is 0 Å². The van der Waals surface area contributed by atoms with Crippen molar-refractivity contribution in [2.75, 3.05) is 10.6 Å². The number of aliphatic imine (C=N–C) groups is 1. The summed E-state index contributed by atoms with van der Waals surface area (Å²) in [6.07, 6.45) is 0. The third-order valence-corrected chi connectivity index (χ3v) is 4.58. The Morgan fingerprint density at radius 1 is 1.11 bits per heavy atom. The van der Waals surface area contributed by atoms with Gasteiger partial charge in [-0.15, -0.1) is 11.3 Å². The van der Waals surface area contributed by atoms with Gasteiger partial charge in [-0.1, -0.05) is 6.07 Å². The lowest BCUT2D eigenvalue weighted by molar-refractivity contribution is 0.628. The minimum atomic E-state index is -0.309. The summed E-state index contributed by atoms with van der Waals surface area (Å²) in [5.41, 5.74) is 2.36. The van der Waals surface area contributed by atoms with Crippen molar-refractivity contribution in [3.8, 4) is 0 Å². The Balaban J connectivity index is 1.73. The molecule has 3 rings (SSSR count). The largest absolute Gasteiger partial charge is 0.332 e. The molecule has 0 unspecified atom stereocenters. The molecule has 2 heterocycles. The van der Waals surface area contributed by atoms with Crippen LogP contribution in [0.15, 0.2) is 52.8 Å². The van der Waals surface area contributed by atoms with Gasteiger partial charge in [0.1, 0.15) is 5.82 Å². The molecule has 0 amide bonds. The molecule has 0 spiro atoms. The van der Waals surface area contributed by atoms with E-state index >= 15 is 0 Å². The monoisotopic (exact) mass is 414 g/mol. The van der Waals surface area contributed by atoms with Crippen LogP contribution in [-0.4, -0.2) is 21.0 Å². The van der Waals surface area contributed by atoms with Crippen LogP contribution in [0, 0.1) is 19.7 Å². The predicted molar refractivity (Wildman–Crippen MR) is 116 cm³/mol.